The van der Waals surface area contributed by atoms with E-state index in [0.29, 0.717) is 91.0 Å². The Bertz CT molecular complexity index is 3390. The van der Waals surface area contributed by atoms with Crippen LogP contribution in [0.2, 0.25) is 10.0 Å². The predicted molar refractivity (Wildman–Crippen MR) is 279 cm³/mol. The molecular formula is C41H37Cl2N13O5S7. The van der Waals surface area contributed by atoms with Crippen molar-refractivity contribution in [3.05, 3.63) is 69.7 Å². The molecule has 352 valence electrons. The number of fused-ring (bicyclic) bond motifs is 8. The van der Waals surface area contributed by atoms with Gasteiger partial charge in [-0.1, -0.05) is 70.6 Å². The number of hydrogen-bond acceptors (Lipinski definition) is 23. The van der Waals surface area contributed by atoms with Crippen LogP contribution in [-0.4, -0.2) is 70.5 Å². The Balaban J connectivity index is 1.17. The van der Waals surface area contributed by atoms with Gasteiger partial charge in [0, 0.05) is 44.1 Å². The minimum atomic E-state index is -4.60. The number of nitrogens with zero attached hydrogens (tertiary/aromatic N) is 11. The van der Waals surface area contributed by atoms with Crippen LogP contribution in [0.5, 0.6) is 11.5 Å². The molecule has 5 aromatic heterocycles. The van der Waals surface area contributed by atoms with Crippen molar-refractivity contribution in [2.24, 2.45) is 20.5 Å². The Labute approximate surface area is 425 Å². The van der Waals surface area contributed by atoms with Crippen LogP contribution in [0.15, 0.2) is 82.6 Å². The van der Waals surface area contributed by atoms with Crippen molar-refractivity contribution in [1.29, 1.82) is 0 Å². The minimum absolute atomic E-state index is 0.174. The largest absolute Gasteiger partial charge is 0.494 e. The summed E-state index contributed by atoms with van der Waals surface area (Å²) >= 11 is 23.3. The fraction of sp³-hybridized carbons (Fsp3) is 0.244. The molecule has 27 heteroatoms. The topological polar surface area (TPSA) is 217 Å². The number of aromatic nitrogens is 5. The molecule has 1 aliphatic heterocycles. The van der Waals surface area contributed by atoms with E-state index in [9.17, 15) is 13.0 Å². The summed E-state index contributed by atoms with van der Waals surface area (Å²) in [4.78, 5) is 20.0. The molecule has 9 rings (SSSR count). The average molecular weight is 1090 g/mol. The van der Waals surface area contributed by atoms with Crippen molar-refractivity contribution in [1.82, 2.24) is 23.7 Å². The zero-order valence-corrected chi connectivity index (χ0v) is 43.6. The smallest absolute Gasteiger partial charge is 0.305 e. The second kappa shape index (κ2) is 20.2. The molecule has 0 atom stereocenters. The molecular weight excluding hydrogens is 1050 g/mol. The van der Waals surface area contributed by atoms with Gasteiger partial charge in [-0.3, -0.25) is 4.55 Å². The molecule has 0 saturated carbocycles. The van der Waals surface area contributed by atoms with Gasteiger partial charge in [0.1, 0.15) is 32.5 Å². The number of nitrogens with one attached hydrogen (secondary N) is 2. The predicted octanol–water partition coefficient (Wildman–Crippen LogP) is 13.9. The van der Waals surface area contributed by atoms with Crippen molar-refractivity contribution in [2.45, 2.75) is 46.6 Å². The Hall–Kier alpha value is -4.96. The molecule has 6 heterocycles. The summed E-state index contributed by atoms with van der Waals surface area (Å²) < 4.78 is 54.8. The first-order chi connectivity index (χ1) is 32.8. The number of ether oxygens (including phenoxy) is 2. The fourth-order valence-corrected chi connectivity index (χ4v) is 13.7. The van der Waals surface area contributed by atoms with Crippen LogP contribution in [0.25, 0.3) is 20.4 Å². The van der Waals surface area contributed by atoms with Crippen LogP contribution in [0.1, 0.15) is 31.9 Å². The molecule has 1 aliphatic rings. The van der Waals surface area contributed by atoms with E-state index in [2.05, 4.69) is 96.1 Å². The molecule has 0 unspecified atom stereocenters. The molecule has 0 saturated heterocycles. The van der Waals surface area contributed by atoms with Gasteiger partial charge in [-0.05, 0) is 67.1 Å². The highest BCUT2D eigenvalue weighted by Crippen LogP contribution is 2.49. The lowest BCUT2D eigenvalue weighted by Crippen LogP contribution is -2.23. The zero-order chi connectivity index (χ0) is 47.9. The Morgan fingerprint density at radius 3 is 2.24 bits per heavy atom. The molecule has 18 nitrogen and oxygen atoms in total. The van der Waals surface area contributed by atoms with Gasteiger partial charge in [0.25, 0.3) is 0 Å². The molecule has 6 bridgehead atoms. The van der Waals surface area contributed by atoms with E-state index in [0.717, 1.165) is 50.2 Å². The molecule has 0 spiro atoms. The maximum atomic E-state index is 12.1. The number of anilines is 6. The second-order valence-electron chi connectivity index (χ2n) is 14.5. The molecule has 8 aromatic rings. The fourth-order valence-electron chi connectivity index (χ4n) is 7.22. The van der Waals surface area contributed by atoms with Crippen molar-refractivity contribution in [3.63, 3.8) is 0 Å². The zero-order valence-electron chi connectivity index (χ0n) is 36.3. The van der Waals surface area contributed by atoms with Gasteiger partial charge in [0.05, 0.1) is 62.0 Å². The second-order valence-corrected chi connectivity index (χ2v) is 22.1. The number of hydrogen-bond donors (Lipinski definition) is 4. The number of thiol groups is 1. The monoisotopic (exact) mass is 1090 g/mol. The first-order valence-electron chi connectivity index (χ1n) is 20.4. The summed E-state index contributed by atoms with van der Waals surface area (Å²) in [6.07, 6.45) is 0. The maximum absolute atomic E-state index is 12.1. The van der Waals surface area contributed by atoms with E-state index in [1.165, 1.54) is 34.6 Å². The van der Waals surface area contributed by atoms with Gasteiger partial charge >= 0.3 is 10.1 Å². The van der Waals surface area contributed by atoms with Gasteiger partial charge in [-0.2, -0.15) is 32.1 Å². The first kappa shape index (κ1) is 48.1. The summed E-state index contributed by atoms with van der Waals surface area (Å²) in [6.45, 7) is 8.80. The van der Waals surface area contributed by atoms with Crippen LogP contribution in [0.4, 0.5) is 56.0 Å². The molecule has 0 amide bonds. The molecule has 0 fully saturated rings. The molecule has 68 heavy (non-hydrogen) atoms. The maximum Gasteiger partial charge on any atom is 0.305 e. The number of thioether (sulfide) groups is 1. The van der Waals surface area contributed by atoms with E-state index >= 15 is 0 Å². The van der Waals surface area contributed by atoms with Crippen LogP contribution < -0.4 is 29.9 Å². The SMILES string of the molecule is CCN(CC)c1cc(Nc2nc3nc(n2)SCc2cccc(c2)CN(CC)c2cc(c(/N=N/c4snc5sc(S(=O)(=O)O)c(Cl)c45)cc2OC)N3)c(/N=N/c2snc3sc(S)c(Cl)c23)cc1OC. The van der Waals surface area contributed by atoms with E-state index in [1.807, 2.05) is 18.2 Å². The molecule has 3 N–H and O–H groups in total. The minimum Gasteiger partial charge on any atom is -0.494 e. The van der Waals surface area contributed by atoms with Gasteiger partial charge in [0.2, 0.25) is 11.9 Å². The standard InChI is InChI=1S/C41H37Cl2N13O5S7/c1-6-55(7-2)25-13-21(23(15-27(25)60-4)49-51-33-29-31(42)37(62)64-35(29)53-66-33)44-39-46-40-45-22-14-26(56(8-3)17-19-10-9-11-20(12-19)18-63-41(47-39)48-40)28(61-5)16-24(22)50-52-34-30-32(43)38(68(57,58)59)65-36(30)54-67-34/h9-16,62H,6-8,17-18H2,1-5H3,(H,57,58,59)(H2,44,45,46,47,48)/b51-49+,52-50+. The lowest BCUT2D eigenvalue weighted by molar-refractivity contribution is 0.414. The van der Waals surface area contributed by atoms with Crippen LogP contribution in [0, 0.1) is 0 Å². The summed E-state index contributed by atoms with van der Waals surface area (Å²) in [5, 5.41) is 27.7. The highest BCUT2D eigenvalue weighted by Gasteiger charge is 2.26. The molecule has 0 radical (unpaired) electrons. The lowest BCUT2D eigenvalue weighted by atomic mass is 10.1. The van der Waals surface area contributed by atoms with Crippen molar-refractivity contribution < 1.29 is 22.4 Å². The Morgan fingerprint density at radius 2 is 1.54 bits per heavy atom. The third-order valence-corrected chi connectivity index (χ3v) is 18.1. The van der Waals surface area contributed by atoms with Crippen LogP contribution >= 0.6 is 93.3 Å². The number of azo groups is 2. The number of methoxy groups -OCH3 is 2. The highest BCUT2D eigenvalue weighted by atomic mass is 35.5. The van der Waals surface area contributed by atoms with E-state index in [-0.39, 0.29) is 32.1 Å². The highest BCUT2D eigenvalue weighted by molar-refractivity contribution is 7.98. The summed E-state index contributed by atoms with van der Waals surface area (Å²) in [6, 6.07) is 15.7. The Morgan fingerprint density at radius 1 is 0.868 bits per heavy atom. The summed E-state index contributed by atoms with van der Waals surface area (Å²) in [5.74, 6) is 2.02. The Kier molecular flexibility index (Phi) is 14.3. The van der Waals surface area contributed by atoms with Gasteiger partial charge < -0.3 is 29.9 Å². The van der Waals surface area contributed by atoms with E-state index in [1.54, 1.807) is 26.4 Å². The van der Waals surface area contributed by atoms with Gasteiger partial charge in [-0.25, -0.2) is 0 Å². The summed E-state index contributed by atoms with van der Waals surface area (Å²) in [7, 11) is -1.42. The van der Waals surface area contributed by atoms with Crippen molar-refractivity contribution in [3.8, 4) is 11.5 Å². The molecule has 0 aliphatic carbocycles. The van der Waals surface area contributed by atoms with Gasteiger partial charge in [0.15, 0.2) is 19.4 Å². The summed E-state index contributed by atoms with van der Waals surface area (Å²) in [5.41, 5.74) is 5.45. The van der Waals surface area contributed by atoms with Crippen molar-refractivity contribution >= 4 is 180 Å². The van der Waals surface area contributed by atoms with E-state index < -0.39 is 14.3 Å². The van der Waals surface area contributed by atoms with Crippen LogP contribution in [0.3, 0.4) is 0 Å². The average Bonchev–Trinajstić information content (AvgIpc) is 4.09. The molecule has 3 aromatic carbocycles. The van der Waals surface area contributed by atoms with Crippen molar-refractivity contribution in [2.75, 3.05) is 54.3 Å². The third-order valence-electron chi connectivity index (χ3n) is 10.5. The number of benzene rings is 3. The van der Waals surface area contributed by atoms with Gasteiger partial charge in [-0.15, -0.1) is 44.4 Å². The van der Waals surface area contributed by atoms with E-state index in [4.69, 9.17) is 52.7 Å². The number of thiophene rings is 2. The van der Waals surface area contributed by atoms with Crippen LogP contribution in [-0.2, 0) is 22.4 Å². The quantitative estimate of drug-likeness (QED) is 0.0480. The lowest BCUT2D eigenvalue weighted by Gasteiger charge is -2.27. The normalized spacial score (nSPS) is 13.2. The number of halogens is 2. The first-order valence-corrected chi connectivity index (χ1v) is 27.2. The number of rotatable bonds is 13. The third kappa shape index (κ3) is 9.77.